The number of amides is 1. The molecule has 0 N–H and O–H groups in total. The fraction of sp³-hybridized carbons (Fsp3) is 0.471. The van der Waals surface area contributed by atoms with Gasteiger partial charge in [0.2, 0.25) is 11.8 Å². The minimum atomic E-state index is 0.138. The lowest BCUT2D eigenvalue weighted by Gasteiger charge is -2.16. The van der Waals surface area contributed by atoms with Gasteiger partial charge in [-0.1, -0.05) is 17.3 Å². The molecule has 0 saturated heterocycles. The van der Waals surface area contributed by atoms with E-state index in [-0.39, 0.29) is 5.91 Å². The molecular weight excluding hydrogens is 294 g/mol. The second kappa shape index (κ2) is 8.31. The zero-order valence-corrected chi connectivity index (χ0v) is 13.9. The van der Waals surface area contributed by atoms with E-state index in [1.807, 2.05) is 31.3 Å². The predicted molar refractivity (Wildman–Crippen MR) is 86.3 cm³/mol. The first kappa shape index (κ1) is 17.0. The molecule has 6 nitrogen and oxygen atoms in total. The smallest absolute Gasteiger partial charge is 0.223 e. The van der Waals surface area contributed by atoms with Crippen LogP contribution < -0.4 is 4.74 Å². The van der Waals surface area contributed by atoms with E-state index < -0.39 is 0 Å². The van der Waals surface area contributed by atoms with E-state index in [1.54, 1.807) is 18.9 Å². The molecule has 6 heteroatoms. The Hall–Kier alpha value is -2.37. The van der Waals surface area contributed by atoms with Crippen LogP contribution in [0.5, 0.6) is 5.75 Å². The highest BCUT2D eigenvalue weighted by molar-refractivity contribution is 5.75. The Morgan fingerprint density at radius 3 is 2.61 bits per heavy atom. The molecule has 23 heavy (non-hydrogen) atoms. The van der Waals surface area contributed by atoms with Gasteiger partial charge >= 0.3 is 0 Å². The molecule has 0 bridgehead atoms. The van der Waals surface area contributed by atoms with Crippen LogP contribution in [0.25, 0.3) is 0 Å². The summed E-state index contributed by atoms with van der Waals surface area (Å²) in [5.74, 6) is 2.17. The highest BCUT2D eigenvalue weighted by atomic mass is 16.5. The van der Waals surface area contributed by atoms with Crippen molar-refractivity contribution in [1.82, 2.24) is 15.0 Å². The molecule has 0 fully saturated rings. The first-order valence-corrected chi connectivity index (χ1v) is 7.74. The second-order valence-electron chi connectivity index (χ2n) is 5.50. The van der Waals surface area contributed by atoms with Gasteiger partial charge in [0.05, 0.1) is 7.11 Å². The molecule has 0 aliphatic heterocycles. The van der Waals surface area contributed by atoms with Crippen LogP contribution >= 0.6 is 0 Å². The molecule has 0 radical (unpaired) electrons. The van der Waals surface area contributed by atoms with Crippen molar-refractivity contribution in [2.45, 2.75) is 32.6 Å². The van der Waals surface area contributed by atoms with Crippen molar-refractivity contribution in [2.24, 2.45) is 0 Å². The SMILES string of the molecule is COc1ccc(CCCC(=O)N(C)CCc2noc(C)n2)cc1. The molecule has 0 unspecified atom stereocenters. The fourth-order valence-corrected chi connectivity index (χ4v) is 2.26. The number of rotatable bonds is 8. The van der Waals surface area contributed by atoms with Crippen LogP contribution in [0, 0.1) is 6.92 Å². The molecule has 1 aromatic heterocycles. The van der Waals surface area contributed by atoms with Crippen LogP contribution in [-0.4, -0.2) is 41.6 Å². The summed E-state index contributed by atoms with van der Waals surface area (Å²) in [6.07, 6.45) is 2.86. The highest BCUT2D eigenvalue weighted by Gasteiger charge is 2.10. The summed E-state index contributed by atoms with van der Waals surface area (Å²) in [5.41, 5.74) is 1.21. The number of ether oxygens (including phenoxy) is 1. The molecule has 124 valence electrons. The van der Waals surface area contributed by atoms with E-state index >= 15 is 0 Å². The summed E-state index contributed by atoms with van der Waals surface area (Å²) in [6.45, 7) is 2.35. The third-order valence-corrected chi connectivity index (χ3v) is 3.68. The molecule has 1 heterocycles. The highest BCUT2D eigenvalue weighted by Crippen LogP contribution is 2.13. The van der Waals surface area contributed by atoms with Crippen LogP contribution in [0.4, 0.5) is 0 Å². The lowest BCUT2D eigenvalue weighted by atomic mass is 10.1. The first-order valence-electron chi connectivity index (χ1n) is 7.74. The summed E-state index contributed by atoms with van der Waals surface area (Å²) >= 11 is 0. The lowest BCUT2D eigenvalue weighted by Crippen LogP contribution is -2.28. The quantitative estimate of drug-likeness (QED) is 0.748. The van der Waals surface area contributed by atoms with Crippen molar-refractivity contribution in [3.63, 3.8) is 0 Å². The number of hydrogen-bond acceptors (Lipinski definition) is 5. The standard InChI is InChI=1S/C17H23N3O3/c1-13-18-16(19-23-13)11-12-20(2)17(21)6-4-5-14-7-9-15(22-3)10-8-14/h7-10H,4-6,11-12H2,1-3H3. The van der Waals surface area contributed by atoms with Crippen molar-refractivity contribution >= 4 is 5.91 Å². The van der Waals surface area contributed by atoms with Gasteiger partial charge in [-0.3, -0.25) is 4.79 Å². The summed E-state index contributed by atoms with van der Waals surface area (Å²) in [4.78, 5) is 18.0. The molecule has 0 aliphatic carbocycles. The number of likely N-dealkylation sites (N-methyl/N-ethyl adjacent to an activating group) is 1. The Morgan fingerprint density at radius 1 is 1.26 bits per heavy atom. The average molecular weight is 317 g/mol. The molecule has 0 spiro atoms. The van der Waals surface area contributed by atoms with E-state index in [0.29, 0.717) is 31.1 Å². The van der Waals surface area contributed by atoms with Gasteiger partial charge in [-0.15, -0.1) is 0 Å². The largest absolute Gasteiger partial charge is 0.497 e. The number of aromatic nitrogens is 2. The number of hydrogen-bond donors (Lipinski definition) is 0. The molecule has 0 aliphatic rings. The van der Waals surface area contributed by atoms with Gasteiger partial charge in [0, 0.05) is 33.4 Å². The maximum Gasteiger partial charge on any atom is 0.223 e. The molecule has 0 atom stereocenters. The van der Waals surface area contributed by atoms with Crippen molar-refractivity contribution in [3.8, 4) is 5.75 Å². The maximum absolute atomic E-state index is 12.1. The van der Waals surface area contributed by atoms with Crippen LogP contribution in [-0.2, 0) is 17.6 Å². The van der Waals surface area contributed by atoms with E-state index in [1.165, 1.54) is 5.56 Å². The van der Waals surface area contributed by atoms with Crippen molar-refractivity contribution < 1.29 is 14.1 Å². The number of carbonyl (C=O) groups is 1. The number of methoxy groups -OCH3 is 1. The number of carbonyl (C=O) groups excluding carboxylic acids is 1. The molecule has 0 saturated carbocycles. The van der Waals surface area contributed by atoms with Crippen molar-refractivity contribution in [1.29, 1.82) is 0 Å². The number of aryl methyl sites for hydroxylation is 2. The van der Waals surface area contributed by atoms with Crippen LogP contribution in [0.2, 0.25) is 0 Å². The summed E-state index contributed by atoms with van der Waals surface area (Å²) < 4.78 is 10.0. The normalized spacial score (nSPS) is 10.6. The number of nitrogens with zero attached hydrogens (tertiary/aromatic N) is 3. The third-order valence-electron chi connectivity index (χ3n) is 3.68. The Kier molecular flexibility index (Phi) is 6.14. The van der Waals surface area contributed by atoms with E-state index in [4.69, 9.17) is 9.26 Å². The fourth-order valence-electron chi connectivity index (χ4n) is 2.26. The Balaban J connectivity index is 1.68. The summed E-state index contributed by atoms with van der Waals surface area (Å²) in [7, 11) is 3.46. The predicted octanol–water partition coefficient (Wildman–Crippen LogP) is 2.41. The Labute approximate surface area is 136 Å². The van der Waals surface area contributed by atoms with Crippen molar-refractivity contribution in [3.05, 3.63) is 41.5 Å². The summed E-state index contributed by atoms with van der Waals surface area (Å²) in [6, 6.07) is 7.95. The monoisotopic (exact) mass is 317 g/mol. The third kappa shape index (κ3) is 5.39. The van der Waals surface area contributed by atoms with E-state index in [2.05, 4.69) is 10.1 Å². The van der Waals surface area contributed by atoms with Gasteiger partial charge in [-0.2, -0.15) is 4.98 Å². The maximum atomic E-state index is 12.1. The Morgan fingerprint density at radius 2 is 2.00 bits per heavy atom. The van der Waals surface area contributed by atoms with Crippen molar-refractivity contribution in [2.75, 3.05) is 20.7 Å². The van der Waals surface area contributed by atoms with E-state index in [9.17, 15) is 4.79 Å². The van der Waals surface area contributed by atoms with Gasteiger partial charge in [0.1, 0.15) is 5.75 Å². The second-order valence-corrected chi connectivity index (χ2v) is 5.50. The molecule has 2 aromatic rings. The van der Waals surface area contributed by atoms with Crippen LogP contribution in [0.15, 0.2) is 28.8 Å². The van der Waals surface area contributed by atoms with E-state index in [0.717, 1.165) is 18.6 Å². The van der Waals surface area contributed by atoms with Gasteiger partial charge in [-0.05, 0) is 30.5 Å². The first-order chi connectivity index (χ1) is 11.1. The topological polar surface area (TPSA) is 68.5 Å². The summed E-state index contributed by atoms with van der Waals surface area (Å²) in [5, 5.41) is 3.83. The van der Waals surface area contributed by atoms with Gasteiger partial charge in [0.25, 0.3) is 0 Å². The minimum absolute atomic E-state index is 0.138. The van der Waals surface area contributed by atoms with Crippen LogP contribution in [0.3, 0.4) is 0 Å². The zero-order chi connectivity index (χ0) is 16.7. The van der Waals surface area contributed by atoms with Crippen LogP contribution in [0.1, 0.15) is 30.1 Å². The molecule has 2 rings (SSSR count). The minimum Gasteiger partial charge on any atom is -0.497 e. The van der Waals surface area contributed by atoms with Gasteiger partial charge < -0.3 is 14.2 Å². The molecular formula is C17H23N3O3. The van der Waals surface area contributed by atoms with Gasteiger partial charge in [0.15, 0.2) is 5.82 Å². The molecule has 1 aromatic carbocycles. The lowest BCUT2D eigenvalue weighted by molar-refractivity contribution is -0.129. The Bertz CT molecular complexity index is 622. The van der Waals surface area contributed by atoms with Gasteiger partial charge in [-0.25, -0.2) is 0 Å². The molecule has 1 amide bonds. The number of benzene rings is 1. The zero-order valence-electron chi connectivity index (χ0n) is 13.9. The average Bonchev–Trinajstić information content (AvgIpc) is 2.98.